The van der Waals surface area contributed by atoms with E-state index in [4.69, 9.17) is 4.52 Å². The van der Waals surface area contributed by atoms with Crippen LogP contribution in [0.15, 0.2) is 67.0 Å². The van der Waals surface area contributed by atoms with Gasteiger partial charge in [0.05, 0.1) is 6.61 Å². The van der Waals surface area contributed by atoms with E-state index in [0.717, 1.165) is 38.3 Å². The lowest BCUT2D eigenvalue weighted by atomic mass is 9.98. The molecule has 0 spiro atoms. The van der Waals surface area contributed by atoms with Gasteiger partial charge >= 0.3 is 0 Å². The Hall–Kier alpha value is -2.43. The number of anilines is 1. The molecule has 31 heavy (non-hydrogen) atoms. The standard InChI is InChI=1S/C25H29N4OP/c1-26-25-8-5-21(19-30-31(2,28-13-14-28)29-15-16-29)18-24(25)17-20-3-6-22(7-4-20)23-9-11-27-12-10-23/h3-12,18,26H,2,13-17,19H2,1H3. The molecule has 2 fully saturated rings. The molecule has 1 aromatic heterocycles. The van der Waals surface area contributed by atoms with E-state index in [1.807, 2.05) is 31.6 Å². The molecular formula is C25H29N4OP. The summed E-state index contributed by atoms with van der Waals surface area (Å²) in [5.74, 6) is 0. The fraction of sp³-hybridized carbons (Fsp3) is 0.280. The molecule has 5 rings (SSSR count). The molecule has 6 heteroatoms. The molecule has 2 aliphatic rings. The molecule has 0 unspecified atom stereocenters. The predicted octanol–water partition coefficient (Wildman–Crippen LogP) is 4.72. The van der Waals surface area contributed by atoms with E-state index in [2.05, 4.69) is 68.4 Å². The molecule has 0 aliphatic carbocycles. The molecule has 0 bridgehead atoms. The molecule has 3 heterocycles. The van der Waals surface area contributed by atoms with Crippen LogP contribution < -0.4 is 5.32 Å². The van der Waals surface area contributed by atoms with Crippen molar-refractivity contribution in [2.24, 2.45) is 0 Å². The monoisotopic (exact) mass is 432 g/mol. The number of hydrogen-bond acceptors (Lipinski definition) is 5. The van der Waals surface area contributed by atoms with Crippen molar-refractivity contribution < 1.29 is 4.52 Å². The predicted molar refractivity (Wildman–Crippen MR) is 130 cm³/mol. The number of pyridine rings is 1. The van der Waals surface area contributed by atoms with Crippen molar-refractivity contribution in [3.05, 3.63) is 83.7 Å². The van der Waals surface area contributed by atoms with Crippen molar-refractivity contribution in [2.45, 2.75) is 13.0 Å². The average Bonchev–Trinajstić information content (AvgIpc) is 3.71. The van der Waals surface area contributed by atoms with Gasteiger partial charge in [0.25, 0.3) is 0 Å². The lowest BCUT2D eigenvalue weighted by molar-refractivity contribution is 0.307. The van der Waals surface area contributed by atoms with Gasteiger partial charge in [-0.05, 0) is 58.7 Å². The summed E-state index contributed by atoms with van der Waals surface area (Å²) in [5.41, 5.74) is 7.34. The molecule has 0 saturated carbocycles. The van der Waals surface area contributed by atoms with Gasteiger partial charge in [-0.1, -0.05) is 36.4 Å². The van der Waals surface area contributed by atoms with Gasteiger partial charge in [-0.3, -0.25) is 4.98 Å². The summed E-state index contributed by atoms with van der Waals surface area (Å²) in [6, 6.07) is 19.5. The number of nitrogens with one attached hydrogen (secondary N) is 1. The van der Waals surface area contributed by atoms with E-state index in [1.54, 1.807) is 0 Å². The lowest BCUT2D eigenvalue weighted by Gasteiger charge is -2.27. The molecule has 2 aliphatic heterocycles. The summed E-state index contributed by atoms with van der Waals surface area (Å²) in [5, 5.41) is 3.34. The van der Waals surface area contributed by atoms with Gasteiger partial charge < -0.3 is 9.84 Å². The highest BCUT2D eigenvalue weighted by molar-refractivity contribution is 7.65. The molecular weight excluding hydrogens is 403 g/mol. The highest BCUT2D eigenvalue weighted by atomic mass is 31.2. The Labute approximate surface area is 184 Å². The van der Waals surface area contributed by atoms with Crippen LogP contribution in [-0.2, 0) is 17.6 Å². The third kappa shape index (κ3) is 4.60. The number of hydrogen-bond donors (Lipinski definition) is 1. The molecule has 5 nitrogen and oxygen atoms in total. The fourth-order valence-electron chi connectivity index (χ4n) is 3.94. The van der Waals surface area contributed by atoms with Crippen LogP contribution in [-0.4, -0.2) is 53.9 Å². The van der Waals surface area contributed by atoms with Gasteiger partial charge in [-0.25, -0.2) is 9.34 Å². The summed E-state index contributed by atoms with van der Waals surface area (Å²) < 4.78 is 11.2. The summed E-state index contributed by atoms with van der Waals surface area (Å²) in [6.45, 7) is 5.09. The highest BCUT2D eigenvalue weighted by Gasteiger charge is 2.42. The summed E-state index contributed by atoms with van der Waals surface area (Å²) in [4.78, 5) is 4.10. The Bertz CT molecular complexity index is 1080. The number of aromatic nitrogens is 1. The van der Waals surface area contributed by atoms with Crippen LogP contribution in [0.5, 0.6) is 0 Å². The van der Waals surface area contributed by atoms with E-state index in [0.29, 0.717) is 6.61 Å². The third-order valence-corrected chi connectivity index (χ3v) is 9.08. The molecule has 0 amide bonds. The Balaban J connectivity index is 1.31. The maximum Gasteiger partial charge on any atom is 0.131 e. The maximum atomic E-state index is 6.43. The largest absolute Gasteiger partial charge is 0.388 e. The number of nitrogens with zero attached hydrogens (tertiary/aromatic N) is 3. The first kappa shape index (κ1) is 20.5. The minimum Gasteiger partial charge on any atom is -0.388 e. The van der Waals surface area contributed by atoms with E-state index >= 15 is 0 Å². The van der Waals surface area contributed by atoms with Crippen LogP contribution >= 0.6 is 7.41 Å². The van der Waals surface area contributed by atoms with Crippen LogP contribution in [0, 0.1) is 0 Å². The second kappa shape index (κ2) is 8.60. The quantitative estimate of drug-likeness (QED) is 0.391. The van der Waals surface area contributed by atoms with Crippen LogP contribution in [0.25, 0.3) is 11.1 Å². The van der Waals surface area contributed by atoms with Crippen molar-refractivity contribution in [2.75, 3.05) is 38.5 Å². The SMILES string of the molecule is C=P(OCc1ccc(NC)c(Cc2ccc(-c3ccncc3)cc2)c1)(N1CC1)N1CC1. The van der Waals surface area contributed by atoms with Crippen molar-refractivity contribution in [3.63, 3.8) is 0 Å². The van der Waals surface area contributed by atoms with E-state index in [9.17, 15) is 0 Å². The van der Waals surface area contributed by atoms with Gasteiger partial charge in [0.15, 0.2) is 0 Å². The van der Waals surface area contributed by atoms with E-state index in [-0.39, 0.29) is 0 Å². The number of benzene rings is 2. The van der Waals surface area contributed by atoms with Crippen LogP contribution in [0.4, 0.5) is 5.69 Å². The van der Waals surface area contributed by atoms with Gasteiger partial charge in [0, 0.05) is 51.3 Å². The van der Waals surface area contributed by atoms with Crippen molar-refractivity contribution in [1.82, 2.24) is 14.3 Å². The molecule has 1 N–H and O–H groups in total. The first-order valence-electron chi connectivity index (χ1n) is 10.8. The number of rotatable bonds is 9. The zero-order valence-electron chi connectivity index (χ0n) is 18.0. The normalized spacial score (nSPS) is 16.3. The Morgan fingerprint density at radius 2 is 1.52 bits per heavy atom. The Morgan fingerprint density at radius 1 is 0.903 bits per heavy atom. The minimum absolute atomic E-state index is 0.613. The van der Waals surface area contributed by atoms with E-state index < -0.39 is 7.41 Å². The van der Waals surface area contributed by atoms with Crippen LogP contribution in [0.1, 0.15) is 16.7 Å². The van der Waals surface area contributed by atoms with Crippen molar-refractivity contribution >= 4 is 19.4 Å². The molecule has 0 atom stereocenters. The van der Waals surface area contributed by atoms with Gasteiger partial charge in [0.2, 0.25) is 0 Å². The first-order chi connectivity index (χ1) is 15.2. The summed E-state index contributed by atoms with van der Waals surface area (Å²) >= 11 is 0. The summed E-state index contributed by atoms with van der Waals surface area (Å²) in [7, 11) is 0.186. The van der Waals surface area contributed by atoms with Gasteiger partial charge in [0.1, 0.15) is 7.41 Å². The topological polar surface area (TPSA) is 40.2 Å². The van der Waals surface area contributed by atoms with Gasteiger partial charge in [-0.2, -0.15) is 0 Å². The summed E-state index contributed by atoms with van der Waals surface area (Å²) in [6.07, 6.45) is 9.03. The first-order valence-corrected chi connectivity index (χ1v) is 12.6. The molecule has 2 saturated heterocycles. The third-order valence-electron chi connectivity index (χ3n) is 5.97. The van der Waals surface area contributed by atoms with E-state index in [1.165, 1.54) is 27.8 Å². The van der Waals surface area contributed by atoms with Crippen LogP contribution in [0.2, 0.25) is 0 Å². The van der Waals surface area contributed by atoms with Crippen molar-refractivity contribution in [1.29, 1.82) is 0 Å². The smallest absolute Gasteiger partial charge is 0.131 e. The zero-order valence-corrected chi connectivity index (χ0v) is 18.9. The van der Waals surface area contributed by atoms with Crippen molar-refractivity contribution in [3.8, 4) is 11.1 Å². The highest BCUT2D eigenvalue weighted by Crippen LogP contribution is 2.60. The van der Waals surface area contributed by atoms with Crippen LogP contribution in [0.3, 0.4) is 0 Å². The molecule has 3 aromatic rings. The molecule has 2 aromatic carbocycles. The Kier molecular flexibility index (Phi) is 5.68. The Morgan fingerprint density at radius 3 is 2.13 bits per heavy atom. The minimum atomic E-state index is -1.80. The lowest BCUT2D eigenvalue weighted by Crippen LogP contribution is -2.08. The maximum absolute atomic E-state index is 6.43. The zero-order chi connectivity index (χ0) is 21.3. The van der Waals surface area contributed by atoms with Gasteiger partial charge in [-0.15, -0.1) is 0 Å². The molecule has 0 radical (unpaired) electrons. The second-order valence-electron chi connectivity index (χ2n) is 8.20. The fourth-order valence-corrected chi connectivity index (χ4v) is 6.41. The second-order valence-corrected chi connectivity index (χ2v) is 10.9. The average molecular weight is 433 g/mol. The molecule has 160 valence electrons.